The minimum Gasteiger partial charge on any atom is -0.494 e. The lowest BCUT2D eigenvalue weighted by atomic mass is 9.92. The summed E-state index contributed by atoms with van der Waals surface area (Å²) in [6.45, 7) is 8.94. The summed E-state index contributed by atoms with van der Waals surface area (Å²) in [5.74, 6) is -1.28. The third-order valence-electron chi connectivity index (χ3n) is 13.9. The molecule has 7 heterocycles. The normalized spacial score (nSPS) is 18.1. The maximum Gasteiger partial charge on any atom is 0.262 e. The summed E-state index contributed by atoms with van der Waals surface area (Å²) in [6.07, 6.45) is 9.93. The minimum absolute atomic E-state index is 0.0119. The summed E-state index contributed by atoms with van der Waals surface area (Å²) >= 11 is 3.60. The Balaban J connectivity index is 0.784. The molecule has 18 nitrogen and oxygen atoms in total. The molecule has 3 N–H and O–H groups in total. The number of aryl methyl sites for hydroxylation is 1. The van der Waals surface area contributed by atoms with Crippen LogP contribution in [0.2, 0.25) is 0 Å². The van der Waals surface area contributed by atoms with Crippen molar-refractivity contribution in [2.45, 2.75) is 38.1 Å². The standard InChI is InChI=1S/C50H53BrFN12O6P/c1-60-28-30(25-55-60)32-22-38(57-50-54-26-35(51)46(59-50)56-39-27-53-37-8-6-5-7-31(37)45(39)71(3,4)69)43(70-2)24-41(32)63-19-17-61(18-20-63)14-11-29-12-15-62(16-13-29)42-23-34-33(21-36(42)52)48(67)64(49(34)68)40-9-10-44(65)58-47(40)66/h5-8,21-29,40H,9-20H2,1-4H3,(H,58,65,66)(H2,54,56,57,59). The van der Waals surface area contributed by atoms with Crippen molar-refractivity contribution in [3.63, 3.8) is 0 Å². The molecule has 0 bridgehead atoms. The number of piperidine rings is 2. The number of anilines is 6. The summed E-state index contributed by atoms with van der Waals surface area (Å²) in [5, 5.41) is 15.0. The first-order valence-electron chi connectivity index (χ1n) is 23.6. The van der Waals surface area contributed by atoms with Gasteiger partial charge in [-0.3, -0.25) is 44.0 Å². The molecule has 3 aromatic heterocycles. The number of hydrogen-bond donors (Lipinski definition) is 3. The number of nitrogens with one attached hydrogen (secondary N) is 3. The first-order valence-corrected chi connectivity index (χ1v) is 27.0. The Hall–Kier alpha value is -6.76. The van der Waals surface area contributed by atoms with E-state index in [0.29, 0.717) is 57.7 Å². The van der Waals surface area contributed by atoms with Gasteiger partial charge in [0.1, 0.15) is 30.6 Å². The highest BCUT2D eigenvalue weighted by Crippen LogP contribution is 2.43. The maximum atomic E-state index is 15.6. The highest BCUT2D eigenvalue weighted by atomic mass is 79.9. The molecule has 4 aliphatic rings. The monoisotopic (exact) mass is 1050 g/mol. The molecule has 3 fully saturated rings. The highest BCUT2D eigenvalue weighted by molar-refractivity contribution is 9.10. The Kier molecular flexibility index (Phi) is 13.1. The number of aromatic nitrogens is 5. The van der Waals surface area contributed by atoms with Crippen molar-refractivity contribution < 1.29 is 32.9 Å². The SMILES string of the molecule is COc1cc(N2CCN(CCC3CCN(c4cc5c(cc4F)C(=O)N(C4CCC(=O)NC4=O)C5=O)CC3)CC2)c(-c2cnn(C)c2)cc1Nc1ncc(Br)c(Nc2cnc3ccccc3c2P(C)(C)=O)n1. The summed E-state index contributed by atoms with van der Waals surface area (Å²) in [5.41, 5.74) is 5.22. The van der Waals surface area contributed by atoms with Crippen LogP contribution in [-0.4, -0.2) is 130 Å². The number of hydrogen-bond acceptors (Lipinski definition) is 15. The molecular formula is C50H53BrFN12O6P. The van der Waals surface area contributed by atoms with Gasteiger partial charge in [-0.05, 0) is 91.7 Å². The fourth-order valence-corrected chi connectivity index (χ4v) is 12.0. The van der Waals surface area contributed by atoms with E-state index < -0.39 is 42.6 Å². The Morgan fingerprint density at radius 3 is 2.28 bits per heavy atom. The van der Waals surface area contributed by atoms with Crippen molar-refractivity contribution in [3.8, 4) is 16.9 Å². The molecule has 1 atom stereocenters. The lowest BCUT2D eigenvalue weighted by Crippen LogP contribution is -2.54. The summed E-state index contributed by atoms with van der Waals surface area (Å²) < 4.78 is 37.7. The first kappa shape index (κ1) is 47.9. The number of amides is 4. The smallest absolute Gasteiger partial charge is 0.262 e. The Morgan fingerprint density at radius 2 is 1.58 bits per heavy atom. The highest BCUT2D eigenvalue weighted by Gasteiger charge is 2.45. The van der Waals surface area contributed by atoms with Crippen LogP contribution in [0.15, 0.2) is 77.8 Å². The topological polar surface area (TPSA) is 200 Å². The molecule has 4 aliphatic heterocycles. The predicted molar refractivity (Wildman–Crippen MR) is 274 cm³/mol. The van der Waals surface area contributed by atoms with Crippen molar-refractivity contribution in [2.75, 3.05) is 86.7 Å². The molecule has 6 aromatic rings. The maximum absolute atomic E-state index is 15.6. The fraction of sp³-hybridized carbons (Fsp3) is 0.360. The quantitative estimate of drug-likeness (QED) is 0.0797. The lowest BCUT2D eigenvalue weighted by molar-refractivity contribution is -0.136. The van der Waals surface area contributed by atoms with Gasteiger partial charge in [0, 0.05) is 98.7 Å². The van der Waals surface area contributed by atoms with E-state index in [1.165, 1.54) is 6.07 Å². The largest absolute Gasteiger partial charge is 0.494 e. The third kappa shape index (κ3) is 9.59. The molecule has 71 heavy (non-hydrogen) atoms. The van der Waals surface area contributed by atoms with Crippen molar-refractivity contribution in [2.24, 2.45) is 13.0 Å². The van der Waals surface area contributed by atoms with Gasteiger partial charge in [-0.25, -0.2) is 9.37 Å². The average Bonchev–Trinajstić information content (AvgIpc) is 3.89. The second-order valence-corrected chi connectivity index (χ2v) is 22.8. The van der Waals surface area contributed by atoms with E-state index in [4.69, 9.17) is 9.72 Å². The molecule has 368 valence electrons. The molecule has 4 amide bonds. The molecule has 0 radical (unpaired) electrons. The zero-order chi connectivity index (χ0) is 49.7. The minimum atomic E-state index is -2.76. The lowest BCUT2D eigenvalue weighted by Gasteiger charge is -2.39. The van der Waals surface area contributed by atoms with E-state index in [-0.39, 0.29) is 29.7 Å². The molecule has 10 rings (SSSR count). The number of rotatable bonds is 13. The average molecular weight is 1050 g/mol. The second kappa shape index (κ2) is 19.4. The number of nitrogens with zero attached hydrogens (tertiary/aromatic N) is 9. The number of para-hydroxylation sites is 1. The molecule has 1 unspecified atom stereocenters. The van der Waals surface area contributed by atoms with Crippen LogP contribution in [0.1, 0.15) is 52.8 Å². The van der Waals surface area contributed by atoms with Crippen molar-refractivity contribution >= 4 is 97.4 Å². The van der Waals surface area contributed by atoms with E-state index in [9.17, 15) is 23.7 Å². The number of piperazine rings is 1. The van der Waals surface area contributed by atoms with E-state index in [2.05, 4.69) is 56.7 Å². The number of halogens is 2. The number of ether oxygens (including phenoxy) is 1. The number of benzene rings is 3. The number of pyridine rings is 1. The summed E-state index contributed by atoms with van der Waals surface area (Å²) in [4.78, 5) is 72.6. The van der Waals surface area contributed by atoms with Gasteiger partial charge < -0.3 is 29.7 Å². The summed E-state index contributed by atoms with van der Waals surface area (Å²) in [7, 11) is 0.765. The van der Waals surface area contributed by atoms with Crippen LogP contribution in [0, 0.1) is 11.7 Å². The third-order valence-corrected chi connectivity index (χ3v) is 16.0. The Labute approximate surface area is 417 Å². The van der Waals surface area contributed by atoms with Crippen LogP contribution in [0.3, 0.4) is 0 Å². The van der Waals surface area contributed by atoms with Crippen LogP contribution in [0.5, 0.6) is 5.75 Å². The molecule has 0 saturated carbocycles. The van der Waals surface area contributed by atoms with Crippen LogP contribution in [0.4, 0.5) is 38.9 Å². The van der Waals surface area contributed by atoms with Gasteiger partial charge in [0.2, 0.25) is 17.8 Å². The van der Waals surface area contributed by atoms with Gasteiger partial charge >= 0.3 is 0 Å². The van der Waals surface area contributed by atoms with E-state index in [1.807, 2.05) is 60.7 Å². The van der Waals surface area contributed by atoms with Crippen LogP contribution < -0.4 is 35.8 Å². The number of methoxy groups -OCH3 is 1. The van der Waals surface area contributed by atoms with Gasteiger partial charge in [-0.15, -0.1) is 0 Å². The van der Waals surface area contributed by atoms with Crippen molar-refractivity contribution in [1.29, 1.82) is 0 Å². The van der Waals surface area contributed by atoms with Gasteiger partial charge in [0.05, 0.1) is 57.7 Å². The predicted octanol–water partition coefficient (Wildman–Crippen LogP) is 6.90. The van der Waals surface area contributed by atoms with Gasteiger partial charge in [0.15, 0.2) is 0 Å². The Bertz CT molecular complexity index is 3170. The van der Waals surface area contributed by atoms with Crippen LogP contribution >= 0.6 is 23.1 Å². The molecule has 21 heteroatoms. The zero-order valence-electron chi connectivity index (χ0n) is 39.7. The van der Waals surface area contributed by atoms with Crippen molar-refractivity contribution in [3.05, 3.63) is 94.7 Å². The fourth-order valence-electron chi connectivity index (χ4n) is 10.2. The van der Waals surface area contributed by atoms with Gasteiger partial charge in [-0.1, -0.05) is 18.2 Å². The first-order chi connectivity index (χ1) is 34.1. The summed E-state index contributed by atoms with van der Waals surface area (Å²) in [6, 6.07) is 13.2. The zero-order valence-corrected chi connectivity index (χ0v) is 42.2. The number of imide groups is 2. The number of fused-ring (bicyclic) bond motifs is 2. The van der Waals surface area contributed by atoms with Crippen LogP contribution in [0.25, 0.3) is 22.0 Å². The van der Waals surface area contributed by atoms with Crippen LogP contribution in [-0.2, 0) is 21.2 Å². The second-order valence-electron chi connectivity index (χ2n) is 18.8. The molecular weight excluding hydrogens is 995 g/mol. The number of carbonyl (C=O) groups excluding carboxylic acids is 4. The van der Waals surface area contributed by atoms with Gasteiger partial charge in [-0.2, -0.15) is 10.1 Å². The molecule has 0 aliphatic carbocycles. The molecule has 0 spiro atoms. The Morgan fingerprint density at radius 1 is 0.845 bits per heavy atom. The van der Waals surface area contributed by atoms with E-state index in [0.717, 1.165) is 90.7 Å². The molecule has 3 saturated heterocycles. The number of carbonyl (C=O) groups is 4. The van der Waals surface area contributed by atoms with Crippen molar-refractivity contribution in [1.82, 2.24) is 39.8 Å². The van der Waals surface area contributed by atoms with E-state index >= 15 is 4.39 Å². The molecule has 3 aromatic carbocycles. The van der Waals surface area contributed by atoms with E-state index in [1.54, 1.807) is 37.5 Å². The van der Waals surface area contributed by atoms with Gasteiger partial charge in [0.25, 0.3) is 11.8 Å².